The minimum atomic E-state index is 0.141. The number of piperidine rings is 1. The fraction of sp³-hybridized carbons (Fsp3) is 0.750. The van der Waals surface area contributed by atoms with Gasteiger partial charge in [-0.2, -0.15) is 0 Å². The molecule has 6 nitrogen and oxygen atoms in total. The maximum Gasteiger partial charge on any atom is 0.219 e. The molecular formula is C12H20N4O2. The highest BCUT2D eigenvalue weighted by atomic mass is 16.5. The minimum Gasteiger partial charge on any atom is -0.383 e. The van der Waals surface area contributed by atoms with Crippen LogP contribution < -0.4 is 0 Å². The van der Waals surface area contributed by atoms with E-state index < -0.39 is 0 Å². The lowest BCUT2D eigenvalue weighted by Crippen LogP contribution is -2.38. The molecule has 6 heteroatoms. The predicted octanol–water partition coefficient (Wildman–Crippen LogP) is 0.650. The number of carbonyl (C=O) groups is 1. The standard InChI is InChI=1S/C12H20N4O2/c1-10(17)15-5-3-4-11(8-15)12-14-13-9-16(12)6-7-18-2/h9,11H,3-8H2,1-2H3. The zero-order chi connectivity index (χ0) is 13.0. The minimum absolute atomic E-state index is 0.141. The molecule has 1 saturated heterocycles. The first-order chi connectivity index (χ1) is 8.72. The van der Waals surface area contributed by atoms with E-state index in [1.807, 2.05) is 9.47 Å². The summed E-state index contributed by atoms with van der Waals surface area (Å²) in [5.74, 6) is 1.41. The lowest BCUT2D eigenvalue weighted by atomic mass is 9.97. The number of carbonyl (C=O) groups excluding carboxylic acids is 1. The van der Waals surface area contributed by atoms with Gasteiger partial charge in [-0.1, -0.05) is 0 Å². The van der Waals surface area contributed by atoms with E-state index >= 15 is 0 Å². The quantitative estimate of drug-likeness (QED) is 0.789. The molecule has 1 aromatic heterocycles. The Morgan fingerprint density at radius 2 is 2.44 bits per heavy atom. The van der Waals surface area contributed by atoms with E-state index in [0.29, 0.717) is 12.5 Å². The molecule has 0 aliphatic carbocycles. The van der Waals surface area contributed by atoms with Crippen molar-refractivity contribution in [3.63, 3.8) is 0 Å². The molecule has 100 valence electrons. The van der Waals surface area contributed by atoms with E-state index in [0.717, 1.165) is 38.3 Å². The van der Waals surface area contributed by atoms with Crippen LogP contribution in [0.5, 0.6) is 0 Å². The molecule has 1 unspecified atom stereocenters. The van der Waals surface area contributed by atoms with Gasteiger partial charge in [0.15, 0.2) is 0 Å². The summed E-state index contributed by atoms with van der Waals surface area (Å²) >= 11 is 0. The lowest BCUT2D eigenvalue weighted by molar-refractivity contribution is -0.130. The Morgan fingerprint density at radius 1 is 1.61 bits per heavy atom. The molecule has 0 radical (unpaired) electrons. The summed E-state index contributed by atoms with van der Waals surface area (Å²) in [6, 6.07) is 0. The van der Waals surface area contributed by atoms with Crippen molar-refractivity contribution in [2.24, 2.45) is 0 Å². The summed E-state index contributed by atoms with van der Waals surface area (Å²) in [6.45, 7) is 4.64. The van der Waals surface area contributed by atoms with Crippen LogP contribution in [0.2, 0.25) is 0 Å². The third kappa shape index (κ3) is 2.87. The third-order valence-corrected chi connectivity index (χ3v) is 3.41. The molecule has 0 N–H and O–H groups in total. The second kappa shape index (κ2) is 5.95. The van der Waals surface area contributed by atoms with Crippen molar-refractivity contribution in [1.29, 1.82) is 0 Å². The number of hydrogen-bond acceptors (Lipinski definition) is 4. The second-order valence-electron chi connectivity index (χ2n) is 4.68. The average molecular weight is 252 g/mol. The summed E-state index contributed by atoms with van der Waals surface area (Å²) in [4.78, 5) is 13.3. The molecular weight excluding hydrogens is 232 g/mol. The Balaban J connectivity index is 2.06. The van der Waals surface area contributed by atoms with Gasteiger partial charge in [0.1, 0.15) is 12.2 Å². The smallest absolute Gasteiger partial charge is 0.219 e. The summed E-state index contributed by atoms with van der Waals surface area (Å²) in [6.07, 6.45) is 3.83. The number of nitrogens with zero attached hydrogens (tertiary/aromatic N) is 4. The van der Waals surface area contributed by atoms with Crippen molar-refractivity contribution in [3.8, 4) is 0 Å². The van der Waals surface area contributed by atoms with Crippen molar-refractivity contribution in [1.82, 2.24) is 19.7 Å². The van der Waals surface area contributed by atoms with Crippen LogP contribution in [0, 0.1) is 0 Å². The molecule has 2 heterocycles. The van der Waals surface area contributed by atoms with Crippen LogP contribution in [-0.2, 0) is 16.1 Å². The van der Waals surface area contributed by atoms with Crippen LogP contribution in [0.4, 0.5) is 0 Å². The van der Waals surface area contributed by atoms with E-state index in [1.54, 1.807) is 20.4 Å². The first-order valence-corrected chi connectivity index (χ1v) is 6.34. The van der Waals surface area contributed by atoms with Crippen LogP contribution in [0.15, 0.2) is 6.33 Å². The average Bonchev–Trinajstić information content (AvgIpc) is 2.84. The summed E-state index contributed by atoms with van der Waals surface area (Å²) in [5.41, 5.74) is 0. The molecule has 1 aromatic rings. The monoisotopic (exact) mass is 252 g/mol. The number of amides is 1. The topological polar surface area (TPSA) is 60.2 Å². The van der Waals surface area contributed by atoms with Crippen molar-refractivity contribution in [3.05, 3.63) is 12.2 Å². The van der Waals surface area contributed by atoms with Gasteiger partial charge >= 0.3 is 0 Å². The fourth-order valence-electron chi connectivity index (χ4n) is 2.42. The van der Waals surface area contributed by atoms with E-state index in [4.69, 9.17) is 4.74 Å². The van der Waals surface area contributed by atoms with Crippen LogP contribution in [0.25, 0.3) is 0 Å². The van der Waals surface area contributed by atoms with Gasteiger partial charge in [-0.25, -0.2) is 0 Å². The number of methoxy groups -OCH3 is 1. The zero-order valence-electron chi connectivity index (χ0n) is 11.0. The normalized spacial score (nSPS) is 20.1. The van der Waals surface area contributed by atoms with Gasteiger partial charge in [0.2, 0.25) is 5.91 Å². The number of hydrogen-bond donors (Lipinski definition) is 0. The number of rotatable bonds is 4. The molecule has 0 spiro atoms. The van der Waals surface area contributed by atoms with Crippen LogP contribution in [-0.4, -0.2) is 52.4 Å². The number of ether oxygens (including phenoxy) is 1. The maximum atomic E-state index is 11.4. The summed E-state index contributed by atoms with van der Waals surface area (Å²) < 4.78 is 7.10. The Morgan fingerprint density at radius 3 is 3.17 bits per heavy atom. The SMILES string of the molecule is COCCn1cnnc1C1CCCN(C(C)=O)C1. The van der Waals surface area contributed by atoms with Crippen LogP contribution >= 0.6 is 0 Å². The molecule has 1 aliphatic heterocycles. The van der Waals surface area contributed by atoms with Crippen molar-refractivity contribution in [2.45, 2.75) is 32.2 Å². The van der Waals surface area contributed by atoms with E-state index in [-0.39, 0.29) is 5.91 Å². The first kappa shape index (κ1) is 13.0. The van der Waals surface area contributed by atoms with Gasteiger partial charge in [0.25, 0.3) is 0 Å². The second-order valence-corrected chi connectivity index (χ2v) is 4.68. The molecule has 1 aliphatic rings. The van der Waals surface area contributed by atoms with Crippen molar-refractivity contribution >= 4 is 5.91 Å². The summed E-state index contributed by atoms with van der Waals surface area (Å²) in [5, 5.41) is 8.18. The van der Waals surface area contributed by atoms with Crippen molar-refractivity contribution < 1.29 is 9.53 Å². The van der Waals surface area contributed by atoms with Gasteiger partial charge < -0.3 is 14.2 Å². The van der Waals surface area contributed by atoms with Gasteiger partial charge in [0, 0.05) is 39.6 Å². The Kier molecular flexibility index (Phi) is 4.30. The number of aromatic nitrogens is 3. The molecule has 1 atom stereocenters. The van der Waals surface area contributed by atoms with E-state index in [9.17, 15) is 4.79 Å². The Bertz CT molecular complexity index is 405. The Hall–Kier alpha value is -1.43. The molecule has 18 heavy (non-hydrogen) atoms. The zero-order valence-corrected chi connectivity index (χ0v) is 11.0. The lowest BCUT2D eigenvalue weighted by Gasteiger charge is -2.31. The van der Waals surface area contributed by atoms with Gasteiger partial charge in [-0.3, -0.25) is 4.79 Å². The van der Waals surface area contributed by atoms with Crippen LogP contribution in [0.1, 0.15) is 31.5 Å². The van der Waals surface area contributed by atoms with Crippen LogP contribution in [0.3, 0.4) is 0 Å². The highest BCUT2D eigenvalue weighted by molar-refractivity contribution is 5.73. The van der Waals surface area contributed by atoms with E-state index in [2.05, 4.69) is 10.2 Å². The fourth-order valence-corrected chi connectivity index (χ4v) is 2.42. The number of likely N-dealkylation sites (tertiary alicyclic amines) is 1. The molecule has 2 rings (SSSR count). The van der Waals surface area contributed by atoms with Gasteiger partial charge in [-0.05, 0) is 12.8 Å². The molecule has 0 saturated carbocycles. The summed E-state index contributed by atoms with van der Waals surface area (Å²) in [7, 11) is 1.68. The van der Waals surface area contributed by atoms with Gasteiger partial charge in [0.05, 0.1) is 6.61 Å². The molecule has 0 aromatic carbocycles. The highest BCUT2D eigenvalue weighted by Crippen LogP contribution is 2.25. The Labute approximate surface area is 107 Å². The molecule has 1 amide bonds. The van der Waals surface area contributed by atoms with Crippen molar-refractivity contribution in [2.75, 3.05) is 26.8 Å². The third-order valence-electron chi connectivity index (χ3n) is 3.41. The molecule has 1 fully saturated rings. The predicted molar refractivity (Wildman–Crippen MR) is 66.1 cm³/mol. The maximum absolute atomic E-state index is 11.4. The highest BCUT2D eigenvalue weighted by Gasteiger charge is 2.26. The van der Waals surface area contributed by atoms with Gasteiger partial charge in [-0.15, -0.1) is 10.2 Å². The molecule has 0 bridgehead atoms. The van der Waals surface area contributed by atoms with E-state index in [1.165, 1.54) is 0 Å². The first-order valence-electron chi connectivity index (χ1n) is 6.34. The largest absolute Gasteiger partial charge is 0.383 e.